The summed E-state index contributed by atoms with van der Waals surface area (Å²) < 4.78 is 1.74. The van der Waals surface area contributed by atoms with E-state index in [0.29, 0.717) is 5.56 Å². The van der Waals surface area contributed by atoms with E-state index >= 15 is 0 Å². The zero-order chi connectivity index (χ0) is 15.4. The first kappa shape index (κ1) is 14.3. The molecule has 1 N–H and O–H groups in total. The summed E-state index contributed by atoms with van der Waals surface area (Å²) in [6, 6.07) is 13.6. The fourth-order valence-corrected chi connectivity index (χ4v) is 2.50. The number of benzene rings is 1. The van der Waals surface area contributed by atoms with Crippen LogP contribution in [0.4, 0.5) is 0 Å². The molecule has 0 saturated heterocycles. The van der Waals surface area contributed by atoms with Gasteiger partial charge in [-0.15, -0.1) is 10.2 Å². The minimum absolute atomic E-state index is 0.0234. The Morgan fingerprint density at radius 3 is 2.82 bits per heavy atom. The van der Waals surface area contributed by atoms with Gasteiger partial charge in [0.2, 0.25) is 0 Å². The number of rotatable bonds is 5. The van der Waals surface area contributed by atoms with Crippen LogP contribution in [0.3, 0.4) is 0 Å². The average Bonchev–Trinajstić information content (AvgIpc) is 3.02. The molecule has 5 nitrogen and oxygen atoms in total. The number of hydrogen-bond donors (Lipinski definition) is 1. The Morgan fingerprint density at radius 1 is 1.23 bits per heavy atom. The number of hydrogen-bond acceptors (Lipinski definition) is 3. The van der Waals surface area contributed by atoms with E-state index in [4.69, 9.17) is 0 Å². The smallest absolute Gasteiger partial charge is 0.253 e. The molecule has 3 rings (SSSR count). The number of amides is 1. The first-order valence-corrected chi connectivity index (χ1v) is 7.43. The summed E-state index contributed by atoms with van der Waals surface area (Å²) in [4.78, 5) is 12.5. The van der Waals surface area contributed by atoms with E-state index in [0.717, 1.165) is 24.1 Å². The standard InChI is InChI=1S/C17H18N4O/c1-2-6-15(13-7-4-3-5-8-13)19-17(22)14-9-10-16-20-18-12-21(16)11-14/h3-5,7-12,15H,2,6H2,1H3,(H,19,22)/t15-/m0/s1. The van der Waals surface area contributed by atoms with Crippen molar-refractivity contribution in [2.45, 2.75) is 25.8 Å². The van der Waals surface area contributed by atoms with E-state index in [-0.39, 0.29) is 11.9 Å². The fourth-order valence-electron chi connectivity index (χ4n) is 2.50. The summed E-state index contributed by atoms with van der Waals surface area (Å²) in [5.74, 6) is -0.0853. The van der Waals surface area contributed by atoms with Crippen molar-refractivity contribution < 1.29 is 4.79 Å². The Labute approximate surface area is 129 Å². The Hall–Kier alpha value is -2.69. The molecule has 0 unspecified atom stereocenters. The van der Waals surface area contributed by atoms with Crippen molar-refractivity contribution in [1.29, 1.82) is 0 Å². The van der Waals surface area contributed by atoms with Crippen LogP contribution in [0.5, 0.6) is 0 Å². The van der Waals surface area contributed by atoms with Crippen molar-refractivity contribution in [3.05, 3.63) is 66.1 Å². The topological polar surface area (TPSA) is 59.3 Å². The maximum Gasteiger partial charge on any atom is 0.253 e. The molecular formula is C17H18N4O. The van der Waals surface area contributed by atoms with Crippen LogP contribution in [-0.2, 0) is 0 Å². The van der Waals surface area contributed by atoms with E-state index in [1.807, 2.05) is 30.3 Å². The quantitative estimate of drug-likeness (QED) is 0.787. The molecule has 0 radical (unpaired) electrons. The molecular weight excluding hydrogens is 276 g/mol. The summed E-state index contributed by atoms with van der Waals surface area (Å²) in [5, 5.41) is 10.9. The highest BCUT2D eigenvalue weighted by Crippen LogP contribution is 2.19. The number of carbonyl (C=O) groups is 1. The van der Waals surface area contributed by atoms with Crippen LogP contribution in [-0.4, -0.2) is 20.5 Å². The molecule has 3 aromatic rings. The van der Waals surface area contributed by atoms with Crippen molar-refractivity contribution in [3.63, 3.8) is 0 Å². The Kier molecular flexibility index (Phi) is 4.14. The van der Waals surface area contributed by atoms with E-state index in [9.17, 15) is 4.79 Å². The average molecular weight is 294 g/mol. The Balaban J connectivity index is 1.81. The summed E-state index contributed by atoms with van der Waals surface area (Å²) in [5.41, 5.74) is 2.46. The molecule has 0 saturated carbocycles. The SMILES string of the molecule is CCC[C@H](NC(=O)c1ccc2nncn2c1)c1ccccc1. The molecule has 2 aromatic heterocycles. The van der Waals surface area contributed by atoms with Crippen LogP contribution in [0.1, 0.15) is 41.7 Å². The van der Waals surface area contributed by atoms with Gasteiger partial charge in [-0.3, -0.25) is 9.20 Å². The number of aromatic nitrogens is 3. The number of nitrogens with one attached hydrogen (secondary N) is 1. The van der Waals surface area contributed by atoms with Crippen LogP contribution in [0.2, 0.25) is 0 Å². The van der Waals surface area contributed by atoms with E-state index in [2.05, 4.69) is 22.4 Å². The first-order valence-electron chi connectivity index (χ1n) is 7.43. The van der Waals surface area contributed by atoms with E-state index < -0.39 is 0 Å². The third-order valence-corrected chi connectivity index (χ3v) is 3.64. The second kappa shape index (κ2) is 6.39. The summed E-state index contributed by atoms with van der Waals surface area (Å²) >= 11 is 0. The number of pyridine rings is 1. The number of fused-ring (bicyclic) bond motifs is 1. The monoisotopic (exact) mass is 294 g/mol. The molecule has 0 bridgehead atoms. The van der Waals surface area contributed by atoms with E-state index in [1.54, 1.807) is 29.1 Å². The van der Waals surface area contributed by atoms with Gasteiger partial charge in [0.05, 0.1) is 11.6 Å². The third kappa shape index (κ3) is 2.98. The van der Waals surface area contributed by atoms with Gasteiger partial charge in [-0.1, -0.05) is 43.7 Å². The van der Waals surface area contributed by atoms with Gasteiger partial charge in [0.1, 0.15) is 6.33 Å². The lowest BCUT2D eigenvalue weighted by Crippen LogP contribution is -2.28. The van der Waals surface area contributed by atoms with Crippen molar-refractivity contribution in [1.82, 2.24) is 19.9 Å². The van der Waals surface area contributed by atoms with Gasteiger partial charge < -0.3 is 5.32 Å². The molecule has 0 spiro atoms. The van der Waals surface area contributed by atoms with Gasteiger partial charge in [0.25, 0.3) is 5.91 Å². The van der Waals surface area contributed by atoms with Gasteiger partial charge >= 0.3 is 0 Å². The molecule has 0 fully saturated rings. The number of carbonyl (C=O) groups excluding carboxylic acids is 1. The van der Waals surface area contributed by atoms with Crippen LogP contribution in [0, 0.1) is 0 Å². The maximum atomic E-state index is 12.5. The molecule has 2 heterocycles. The minimum Gasteiger partial charge on any atom is -0.345 e. The molecule has 0 aliphatic rings. The molecule has 1 aromatic carbocycles. The van der Waals surface area contributed by atoms with Gasteiger partial charge in [0.15, 0.2) is 5.65 Å². The highest BCUT2D eigenvalue weighted by atomic mass is 16.1. The van der Waals surface area contributed by atoms with Crippen LogP contribution in [0.25, 0.3) is 5.65 Å². The number of nitrogens with zero attached hydrogens (tertiary/aromatic N) is 3. The van der Waals surface area contributed by atoms with Gasteiger partial charge in [0, 0.05) is 6.20 Å². The van der Waals surface area contributed by atoms with Crippen LogP contribution >= 0.6 is 0 Å². The Morgan fingerprint density at radius 2 is 2.05 bits per heavy atom. The zero-order valence-corrected chi connectivity index (χ0v) is 12.4. The van der Waals surface area contributed by atoms with Crippen LogP contribution in [0.15, 0.2) is 55.0 Å². The Bertz CT molecular complexity index is 766. The minimum atomic E-state index is -0.0853. The van der Waals surface area contributed by atoms with Crippen LogP contribution < -0.4 is 5.32 Å². The van der Waals surface area contributed by atoms with Gasteiger partial charge in [-0.05, 0) is 24.1 Å². The molecule has 0 aliphatic carbocycles. The summed E-state index contributed by atoms with van der Waals surface area (Å²) in [6.45, 7) is 2.12. The molecule has 22 heavy (non-hydrogen) atoms. The highest BCUT2D eigenvalue weighted by Gasteiger charge is 2.15. The lowest BCUT2D eigenvalue weighted by molar-refractivity contribution is 0.0934. The molecule has 1 atom stereocenters. The molecule has 1 amide bonds. The predicted octanol–water partition coefficient (Wildman–Crippen LogP) is 3.00. The van der Waals surface area contributed by atoms with Crippen molar-refractivity contribution >= 4 is 11.6 Å². The molecule has 5 heteroatoms. The van der Waals surface area contributed by atoms with Gasteiger partial charge in [-0.25, -0.2) is 0 Å². The van der Waals surface area contributed by atoms with Crippen molar-refractivity contribution in [2.75, 3.05) is 0 Å². The summed E-state index contributed by atoms with van der Waals surface area (Å²) in [6.07, 6.45) is 5.25. The second-order valence-corrected chi connectivity index (χ2v) is 5.24. The zero-order valence-electron chi connectivity index (χ0n) is 12.4. The predicted molar refractivity (Wildman–Crippen MR) is 84.5 cm³/mol. The second-order valence-electron chi connectivity index (χ2n) is 5.24. The van der Waals surface area contributed by atoms with E-state index in [1.165, 1.54) is 0 Å². The maximum absolute atomic E-state index is 12.5. The van der Waals surface area contributed by atoms with Crippen molar-refractivity contribution in [2.24, 2.45) is 0 Å². The lowest BCUT2D eigenvalue weighted by atomic mass is 10.0. The summed E-state index contributed by atoms with van der Waals surface area (Å²) in [7, 11) is 0. The highest BCUT2D eigenvalue weighted by molar-refractivity contribution is 5.94. The molecule has 112 valence electrons. The third-order valence-electron chi connectivity index (χ3n) is 3.64. The lowest BCUT2D eigenvalue weighted by Gasteiger charge is -2.18. The normalized spacial score (nSPS) is 12.2. The van der Waals surface area contributed by atoms with Gasteiger partial charge in [-0.2, -0.15) is 0 Å². The largest absolute Gasteiger partial charge is 0.345 e. The fraction of sp³-hybridized carbons (Fsp3) is 0.235. The first-order chi connectivity index (χ1) is 10.8. The molecule has 0 aliphatic heterocycles. The van der Waals surface area contributed by atoms with Crippen molar-refractivity contribution in [3.8, 4) is 0 Å².